The summed E-state index contributed by atoms with van der Waals surface area (Å²) in [6, 6.07) is 3.97. The number of ether oxygens (including phenoxy) is 1. The Balaban J connectivity index is 1.75. The molecule has 1 amide bonds. The van der Waals surface area contributed by atoms with Crippen LogP contribution < -0.4 is 5.32 Å². The van der Waals surface area contributed by atoms with Gasteiger partial charge in [-0.3, -0.25) is 4.99 Å². The predicted molar refractivity (Wildman–Crippen MR) is 94.6 cm³/mol. The van der Waals surface area contributed by atoms with Gasteiger partial charge in [-0.05, 0) is 25.5 Å². The van der Waals surface area contributed by atoms with E-state index in [4.69, 9.17) is 16.3 Å². The van der Waals surface area contributed by atoms with E-state index in [-0.39, 0.29) is 6.09 Å². The molecule has 1 aliphatic heterocycles. The molecule has 23 heavy (non-hydrogen) atoms. The Hall–Kier alpha value is -1.47. The van der Waals surface area contributed by atoms with Crippen molar-refractivity contribution in [1.82, 2.24) is 15.1 Å². The normalized spacial score (nSPS) is 15.7. The first-order chi connectivity index (χ1) is 11.1. The molecule has 1 aliphatic rings. The summed E-state index contributed by atoms with van der Waals surface area (Å²) in [5.74, 6) is 0.871. The van der Waals surface area contributed by atoms with Crippen molar-refractivity contribution in [2.75, 3.05) is 46.4 Å². The Morgan fingerprint density at radius 2 is 2.04 bits per heavy atom. The van der Waals surface area contributed by atoms with E-state index in [2.05, 4.69) is 21.3 Å². The van der Waals surface area contributed by atoms with Gasteiger partial charge in [0.15, 0.2) is 5.96 Å². The summed E-state index contributed by atoms with van der Waals surface area (Å²) in [5.41, 5.74) is 0. The third-order valence-corrected chi connectivity index (χ3v) is 4.89. The number of amides is 1. The van der Waals surface area contributed by atoms with Gasteiger partial charge in [-0.15, -0.1) is 11.3 Å². The molecule has 0 spiro atoms. The highest BCUT2D eigenvalue weighted by atomic mass is 35.5. The highest BCUT2D eigenvalue weighted by Gasteiger charge is 2.23. The van der Waals surface area contributed by atoms with E-state index in [1.807, 2.05) is 13.0 Å². The number of nitrogens with one attached hydrogen (secondary N) is 1. The second-order valence-electron chi connectivity index (χ2n) is 5.10. The molecule has 2 rings (SSSR count). The molecule has 6 nitrogen and oxygen atoms in total. The number of carbonyl (C=O) groups excluding carboxylic acids is 1. The van der Waals surface area contributed by atoms with Crippen molar-refractivity contribution in [3.63, 3.8) is 0 Å². The maximum Gasteiger partial charge on any atom is 0.409 e. The fourth-order valence-electron chi connectivity index (χ4n) is 2.43. The highest BCUT2D eigenvalue weighted by Crippen LogP contribution is 2.21. The third-order valence-electron chi connectivity index (χ3n) is 3.60. The van der Waals surface area contributed by atoms with E-state index in [1.54, 1.807) is 23.3 Å². The maximum absolute atomic E-state index is 11.7. The largest absolute Gasteiger partial charge is 0.450 e. The second-order valence-corrected chi connectivity index (χ2v) is 6.90. The maximum atomic E-state index is 11.7. The van der Waals surface area contributed by atoms with Crippen LogP contribution in [-0.2, 0) is 11.2 Å². The van der Waals surface area contributed by atoms with Gasteiger partial charge in [0.25, 0.3) is 0 Å². The molecule has 0 atom stereocenters. The smallest absolute Gasteiger partial charge is 0.409 e. The Morgan fingerprint density at radius 1 is 1.35 bits per heavy atom. The lowest BCUT2D eigenvalue weighted by molar-refractivity contribution is 0.0915. The van der Waals surface area contributed by atoms with Crippen molar-refractivity contribution >= 4 is 35.0 Å². The number of hydrogen-bond donors (Lipinski definition) is 1. The Morgan fingerprint density at radius 3 is 2.61 bits per heavy atom. The topological polar surface area (TPSA) is 57.2 Å². The average molecular weight is 359 g/mol. The molecule has 0 aromatic carbocycles. The van der Waals surface area contributed by atoms with Gasteiger partial charge in [-0.2, -0.15) is 0 Å². The van der Waals surface area contributed by atoms with Crippen LogP contribution in [0, 0.1) is 0 Å². The van der Waals surface area contributed by atoms with Crippen molar-refractivity contribution in [2.45, 2.75) is 13.3 Å². The number of aliphatic imine (C=N–C) groups is 1. The van der Waals surface area contributed by atoms with Crippen LogP contribution in [0.25, 0.3) is 0 Å². The molecule has 1 N–H and O–H groups in total. The van der Waals surface area contributed by atoms with Crippen LogP contribution in [0.2, 0.25) is 4.34 Å². The lowest BCUT2D eigenvalue weighted by Gasteiger charge is -2.35. The standard InChI is InChI=1S/C15H23ClN4O2S/c1-3-22-15(21)20-10-8-19(9-11-20)14(17-2)18-7-6-12-4-5-13(16)23-12/h4-5H,3,6-11H2,1-2H3,(H,17,18). The molecule has 1 aromatic rings. The minimum atomic E-state index is -0.232. The minimum absolute atomic E-state index is 0.232. The number of nitrogens with zero attached hydrogens (tertiary/aromatic N) is 3. The molecule has 0 radical (unpaired) electrons. The molecule has 8 heteroatoms. The second kappa shape index (κ2) is 8.98. The summed E-state index contributed by atoms with van der Waals surface area (Å²) in [7, 11) is 1.78. The molecule has 2 heterocycles. The van der Waals surface area contributed by atoms with Gasteiger partial charge in [0.05, 0.1) is 10.9 Å². The molecule has 0 bridgehead atoms. The van der Waals surface area contributed by atoms with E-state index >= 15 is 0 Å². The van der Waals surface area contributed by atoms with Gasteiger partial charge in [-0.25, -0.2) is 4.79 Å². The molecule has 0 saturated carbocycles. The molecule has 1 aromatic heterocycles. The van der Waals surface area contributed by atoms with Crippen LogP contribution >= 0.6 is 22.9 Å². The van der Waals surface area contributed by atoms with Crippen LogP contribution in [0.15, 0.2) is 17.1 Å². The number of hydrogen-bond acceptors (Lipinski definition) is 4. The summed E-state index contributed by atoms with van der Waals surface area (Å²) in [4.78, 5) is 21.2. The van der Waals surface area contributed by atoms with Crippen molar-refractivity contribution < 1.29 is 9.53 Å². The summed E-state index contributed by atoms with van der Waals surface area (Å²) in [6.45, 7) is 5.85. The van der Waals surface area contributed by atoms with Gasteiger partial charge >= 0.3 is 6.09 Å². The lowest BCUT2D eigenvalue weighted by atomic mass is 10.3. The van der Waals surface area contributed by atoms with Crippen LogP contribution in [0.4, 0.5) is 4.79 Å². The van der Waals surface area contributed by atoms with E-state index in [0.717, 1.165) is 36.4 Å². The van der Waals surface area contributed by atoms with E-state index in [0.29, 0.717) is 19.7 Å². The summed E-state index contributed by atoms with van der Waals surface area (Å²) >= 11 is 7.54. The molecule has 0 unspecified atom stereocenters. The van der Waals surface area contributed by atoms with Crippen LogP contribution in [-0.4, -0.2) is 68.2 Å². The first kappa shape index (κ1) is 17.9. The minimum Gasteiger partial charge on any atom is -0.450 e. The predicted octanol–water partition coefficient (Wildman–Crippen LogP) is 2.29. The van der Waals surface area contributed by atoms with Crippen molar-refractivity contribution in [1.29, 1.82) is 0 Å². The van der Waals surface area contributed by atoms with Gasteiger partial charge in [0, 0.05) is 44.6 Å². The SMILES string of the molecule is CCOC(=O)N1CCN(C(=NC)NCCc2ccc(Cl)s2)CC1. The molecule has 128 valence electrons. The zero-order chi connectivity index (χ0) is 16.7. The Labute approximate surface area is 146 Å². The van der Waals surface area contributed by atoms with E-state index in [9.17, 15) is 4.79 Å². The van der Waals surface area contributed by atoms with Crippen LogP contribution in [0.5, 0.6) is 0 Å². The van der Waals surface area contributed by atoms with Crippen molar-refractivity contribution in [3.8, 4) is 0 Å². The number of guanidine groups is 1. The quantitative estimate of drug-likeness (QED) is 0.662. The number of halogens is 1. The van der Waals surface area contributed by atoms with Gasteiger partial charge in [0.2, 0.25) is 0 Å². The lowest BCUT2D eigenvalue weighted by Crippen LogP contribution is -2.54. The first-order valence-corrected chi connectivity index (χ1v) is 8.95. The number of thiophene rings is 1. The number of piperazine rings is 1. The van der Waals surface area contributed by atoms with Crippen LogP contribution in [0.1, 0.15) is 11.8 Å². The fourth-order valence-corrected chi connectivity index (χ4v) is 3.52. The Kier molecular flexibility index (Phi) is 6.98. The third kappa shape index (κ3) is 5.28. The zero-order valence-corrected chi connectivity index (χ0v) is 15.1. The average Bonchev–Trinajstić information content (AvgIpc) is 2.97. The van der Waals surface area contributed by atoms with E-state index < -0.39 is 0 Å². The van der Waals surface area contributed by atoms with Crippen LogP contribution in [0.3, 0.4) is 0 Å². The van der Waals surface area contributed by atoms with Gasteiger partial charge in [0.1, 0.15) is 0 Å². The highest BCUT2D eigenvalue weighted by molar-refractivity contribution is 7.16. The fraction of sp³-hybridized carbons (Fsp3) is 0.600. The van der Waals surface area contributed by atoms with Gasteiger partial charge in [-0.1, -0.05) is 11.6 Å². The number of rotatable bonds is 4. The van der Waals surface area contributed by atoms with Crippen molar-refractivity contribution in [2.24, 2.45) is 4.99 Å². The van der Waals surface area contributed by atoms with E-state index in [1.165, 1.54) is 4.88 Å². The van der Waals surface area contributed by atoms with Gasteiger partial charge < -0.3 is 19.9 Å². The molecular weight excluding hydrogens is 336 g/mol. The monoisotopic (exact) mass is 358 g/mol. The first-order valence-electron chi connectivity index (χ1n) is 7.75. The summed E-state index contributed by atoms with van der Waals surface area (Å²) in [5, 5.41) is 3.37. The Bertz CT molecular complexity index is 541. The molecule has 1 saturated heterocycles. The number of carbonyl (C=O) groups is 1. The summed E-state index contributed by atoms with van der Waals surface area (Å²) < 4.78 is 5.85. The molecule has 1 fully saturated rings. The summed E-state index contributed by atoms with van der Waals surface area (Å²) in [6.07, 6.45) is 0.684. The zero-order valence-electron chi connectivity index (χ0n) is 13.5. The molecule has 0 aliphatic carbocycles. The molecular formula is C15H23ClN4O2S. The van der Waals surface area contributed by atoms with Crippen molar-refractivity contribution in [3.05, 3.63) is 21.3 Å².